The van der Waals surface area contributed by atoms with Crippen LogP contribution in [-0.2, 0) is 9.53 Å². The first kappa shape index (κ1) is 11.4. The maximum Gasteiger partial charge on any atom is 0.341 e. The fraction of sp³-hybridized carbons (Fsp3) is 0.333. The van der Waals surface area contributed by atoms with Crippen LogP contribution in [0.3, 0.4) is 0 Å². The molecule has 0 aromatic heterocycles. The number of aliphatic hydroxyl groups excluding tert-OH is 1. The highest BCUT2D eigenvalue weighted by Gasteiger charge is 2.09. The van der Waals surface area contributed by atoms with E-state index in [1.807, 2.05) is 0 Å². The van der Waals surface area contributed by atoms with Crippen molar-refractivity contribution in [3.05, 3.63) is 23.5 Å². The largest absolute Gasteiger partial charge is 0.512 e. The Morgan fingerprint density at radius 1 is 1.62 bits per heavy atom. The SMILES string of the molecule is CCOC(=O)C(/C=C/C=N)=C(\C)O. The summed E-state index contributed by atoms with van der Waals surface area (Å²) in [7, 11) is 0. The summed E-state index contributed by atoms with van der Waals surface area (Å²) < 4.78 is 4.68. The van der Waals surface area contributed by atoms with Crippen molar-refractivity contribution in [2.45, 2.75) is 13.8 Å². The van der Waals surface area contributed by atoms with Gasteiger partial charge in [-0.1, -0.05) is 0 Å². The summed E-state index contributed by atoms with van der Waals surface area (Å²) in [5, 5.41) is 15.8. The molecule has 0 unspecified atom stereocenters. The highest BCUT2D eigenvalue weighted by Crippen LogP contribution is 2.05. The normalized spacial score (nSPS) is 12.5. The standard InChI is InChI=1S/C9H13NO3/c1-3-13-9(12)8(7(2)11)5-4-6-10/h4-6,10-11H,3H2,1-2H3/b5-4+,8-7+,10-6?. The maximum absolute atomic E-state index is 11.1. The number of allylic oxidation sites excluding steroid dienone is 2. The molecule has 4 nitrogen and oxygen atoms in total. The summed E-state index contributed by atoms with van der Waals surface area (Å²) in [5.74, 6) is -0.697. The first-order valence-electron chi connectivity index (χ1n) is 3.87. The fourth-order valence-electron chi connectivity index (χ4n) is 0.690. The lowest BCUT2D eigenvalue weighted by Gasteiger charge is -2.02. The van der Waals surface area contributed by atoms with Crippen LogP contribution in [0.15, 0.2) is 23.5 Å². The van der Waals surface area contributed by atoms with Crippen LogP contribution in [0.2, 0.25) is 0 Å². The smallest absolute Gasteiger partial charge is 0.341 e. The summed E-state index contributed by atoms with van der Waals surface area (Å²) in [6.45, 7) is 3.33. The van der Waals surface area contributed by atoms with Gasteiger partial charge in [0.15, 0.2) is 0 Å². The second-order valence-electron chi connectivity index (χ2n) is 2.25. The topological polar surface area (TPSA) is 70.4 Å². The van der Waals surface area contributed by atoms with Crippen molar-refractivity contribution in [2.75, 3.05) is 6.61 Å². The number of hydrogen-bond acceptors (Lipinski definition) is 4. The van der Waals surface area contributed by atoms with Gasteiger partial charge >= 0.3 is 5.97 Å². The van der Waals surface area contributed by atoms with Crippen LogP contribution in [-0.4, -0.2) is 23.9 Å². The van der Waals surface area contributed by atoms with E-state index >= 15 is 0 Å². The lowest BCUT2D eigenvalue weighted by atomic mass is 10.2. The number of carbonyl (C=O) groups is 1. The Kier molecular flexibility index (Phi) is 5.27. The number of carbonyl (C=O) groups excluding carboxylic acids is 1. The van der Waals surface area contributed by atoms with E-state index in [9.17, 15) is 4.79 Å². The Hall–Kier alpha value is -1.58. The molecule has 0 aromatic rings. The van der Waals surface area contributed by atoms with Gasteiger partial charge in [-0.05, 0) is 26.0 Å². The van der Waals surface area contributed by atoms with E-state index < -0.39 is 5.97 Å². The predicted octanol–water partition coefficient (Wildman–Crippen LogP) is 1.59. The number of esters is 1. The molecule has 0 saturated heterocycles. The van der Waals surface area contributed by atoms with Gasteiger partial charge in [0.2, 0.25) is 0 Å². The van der Waals surface area contributed by atoms with Crippen molar-refractivity contribution in [1.82, 2.24) is 0 Å². The van der Waals surface area contributed by atoms with Gasteiger partial charge in [-0.25, -0.2) is 4.79 Å². The molecule has 0 heterocycles. The number of hydrogen-bond donors (Lipinski definition) is 2. The molecule has 0 spiro atoms. The minimum absolute atomic E-state index is 0.0744. The Labute approximate surface area is 77.0 Å². The second kappa shape index (κ2) is 5.99. The quantitative estimate of drug-likeness (QED) is 0.228. The van der Waals surface area contributed by atoms with Gasteiger partial charge < -0.3 is 15.3 Å². The molecule has 0 fully saturated rings. The molecule has 0 amide bonds. The Morgan fingerprint density at radius 3 is 2.62 bits per heavy atom. The average molecular weight is 183 g/mol. The Balaban J connectivity index is 4.63. The third-order valence-corrected chi connectivity index (χ3v) is 1.24. The predicted molar refractivity (Wildman–Crippen MR) is 49.9 cm³/mol. The molecule has 0 aromatic carbocycles. The van der Waals surface area contributed by atoms with E-state index in [1.54, 1.807) is 6.92 Å². The third kappa shape index (κ3) is 4.10. The van der Waals surface area contributed by atoms with E-state index in [1.165, 1.54) is 19.1 Å². The Bertz CT molecular complexity index is 250. The summed E-state index contributed by atoms with van der Waals surface area (Å²) >= 11 is 0. The molecule has 4 heteroatoms. The van der Waals surface area contributed by atoms with E-state index in [0.717, 1.165) is 6.21 Å². The van der Waals surface area contributed by atoms with Gasteiger partial charge in [0, 0.05) is 6.21 Å². The van der Waals surface area contributed by atoms with Crippen LogP contribution < -0.4 is 0 Å². The fourth-order valence-corrected chi connectivity index (χ4v) is 0.690. The van der Waals surface area contributed by atoms with Crippen LogP contribution >= 0.6 is 0 Å². The van der Waals surface area contributed by atoms with Gasteiger partial charge in [-0.15, -0.1) is 0 Å². The summed E-state index contributed by atoms with van der Waals surface area (Å²) in [6.07, 6.45) is 3.69. The lowest BCUT2D eigenvalue weighted by molar-refractivity contribution is -0.138. The van der Waals surface area contributed by atoms with Crippen molar-refractivity contribution in [3.8, 4) is 0 Å². The monoisotopic (exact) mass is 183 g/mol. The number of aliphatic hydroxyl groups is 1. The molecular weight excluding hydrogens is 170 g/mol. The van der Waals surface area contributed by atoms with Crippen LogP contribution in [0, 0.1) is 5.41 Å². The maximum atomic E-state index is 11.1. The molecule has 13 heavy (non-hydrogen) atoms. The van der Waals surface area contributed by atoms with Crippen LogP contribution in [0.4, 0.5) is 0 Å². The highest BCUT2D eigenvalue weighted by atomic mass is 16.5. The molecule has 0 atom stereocenters. The van der Waals surface area contributed by atoms with Crippen LogP contribution in [0.1, 0.15) is 13.8 Å². The number of ether oxygens (including phenoxy) is 1. The van der Waals surface area contributed by atoms with E-state index in [2.05, 4.69) is 4.74 Å². The van der Waals surface area contributed by atoms with Crippen LogP contribution in [0.5, 0.6) is 0 Å². The summed E-state index contributed by atoms with van der Waals surface area (Å²) in [4.78, 5) is 11.1. The average Bonchev–Trinajstić information content (AvgIpc) is 2.05. The zero-order valence-electron chi connectivity index (χ0n) is 7.70. The van der Waals surface area contributed by atoms with Gasteiger partial charge in [0.05, 0.1) is 12.2 Å². The van der Waals surface area contributed by atoms with E-state index in [-0.39, 0.29) is 17.9 Å². The van der Waals surface area contributed by atoms with Gasteiger partial charge in [-0.3, -0.25) is 0 Å². The molecule has 2 N–H and O–H groups in total. The molecular formula is C9H13NO3. The van der Waals surface area contributed by atoms with Gasteiger partial charge in [0.1, 0.15) is 5.76 Å². The second-order valence-corrected chi connectivity index (χ2v) is 2.25. The zero-order valence-corrected chi connectivity index (χ0v) is 7.70. The first-order valence-corrected chi connectivity index (χ1v) is 3.87. The molecule has 0 bridgehead atoms. The van der Waals surface area contributed by atoms with E-state index in [0.29, 0.717) is 0 Å². The highest BCUT2D eigenvalue weighted by molar-refractivity contribution is 5.93. The number of rotatable bonds is 4. The van der Waals surface area contributed by atoms with Crippen molar-refractivity contribution >= 4 is 12.2 Å². The minimum atomic E-state index is -0.583. The Morgan fingerprint density at radius 2 is 2.23 bits per heavy atom. The van der Waals surface area contributed by atoms with Gasteiger partial charge in [0.25, 0.3) is 0 Å². The van der Waals surface area contributed by atoms with Gasteiger partial charge in [-0.2, -0.15) is 0 Å². The molecule has 0 aliphatic rings. The molecule has 72 valence electrons. The molecule has 0 aliphatic heterocycles. The van der Waals surface area contributed by atoms with Crippen molar-refractivity contribution in [1.29, 1.82) is 5.41 Å². The summed E-state index contributed by atoms with van der Waals surface area (Å²) in [5.41, 5.74) is 0.0744. The minimum Gasteiger partial charge on any atom is -0.512 e. The molecule has 0 aliphatic carbocycles. The van der Waals surface area contributed by atoms with Crippen molar-refractivity contribution in [3.63, 3.8) is 0 Å². The summed E-state index contributed by atoms with van der Waals surface area (Å²) in [6, 6.07) is 0. The lowest BCUT2D eigenvalue weighted by Crippen LogP contribution is -2.07. The third-order valence-electron chi connectivity index (χ3n) is 1.24. The first-order chi connectivity index (χ1) is 6.13. The van der Waals surface area contributed by atoms with Crippen molar-refractivity contribution < 1.29 is 14.6 Å². The molecule has 0 saturated carbocycles. The zero-order chi connectivity index (χ0) is 10.3. The molecule has 0 radical (unpaired) electrons. The van der Waals surface area contributed by atoms with E-state index in [4.69, 9.17) is 10.5 Å². The number of nitrogens with one attached hydrogen (secondary N) is 1. The van der Waals surface area contributed by atoms with Crippen LogP contribution in [0.25, 0.3) is 0 Å². The van der Waals surface area contributed by atoms with Crippen molar-refractivity contribution in [2.24, 2.45) is 0 Å². The molecule has 0 rings (SSSR count).